The maximum atomic E-state index is 12.3. The van der Waals surface area contributed by atoms with Gasteiger partial charge in [-0.15, -0.1) is 10.2 Å². The molecular formula is C17H24N4OS. The van der Waals surface area contributed by atoms with Crippen LogP contribution in [0.4, 0.5) is 0 Å². The zero-order chi connectivity index (χ0) is 16.7. The van der Waals surface area contributed by atoms with Gasteiger partial charge in [-0.05, 0) is 25.8 Å². The first-order valence-corrected chi connectivity index (χ1v) is 8.97. The Bertz CT molecular complexity index is 612. The van der Waals surface area contributed by atoms with Gasteiger partial charge in [-0.1, -0.05) is 55.4 Å². The van der Waals surface area contributed by atoms with Gasteiger partial charge in [-0.3, -0.25) is 4.79 Å². The van der Waals surface area contributed by atoms with Crippen LogP contribution in [0.15, 0.2) is 41.8 Å². The van der Waals surface area contributed by atoms with Gasteiger partial charge in [0.2, 0.25) is 5.91 Å². The Balaban J connectivity index is 1.93. The Morgan fingerprint density at radius 1 is 1.30 bits per heavy atom. The second-order valence-electron chi connectivity index (χ2n) is 5.72. The van der Waals surface area contributed by atoms with Crippen LogP contribution in [0.1, 0.15) is 51.3 Å². The molecule has 1 aromatic carbocycles. The van der Waals surface area contributed by atoms with Crippen LogP contribution in [-0.4, -0.2) is 26.4 Å². The van der Waals surface area contributed by atoms with Gasteiger partial charge in [0.15, 0.2) is 5.16 Å². The van der Waals surface area contributed by atoms with Crippen LogP contribution in [0.25, 0.3) is 0 Å². The smallest absolute Gasteiger partial charge is 0.230 e. The third kappa shape index (κ3) is 5.10. The van der Waals surface area contributed by atoms with Crippen LogP contribution in [0, 0.1) is 0 Å². The lowest BCUT2D eigenvalue weighted by Gasteiger charge is -2.18. The van der Waals surface area contributed by atoms with Gasteiger partial charge in [-0.2, -0.15) is 0 Å². The van der Waals surface area contributed by atoms with Crippen LogP contribution in [0.5, 0.6) is 0 Å². The Hall–Kier alpha value is -1.82. The van der Waals surface area contributed by atoms with Gasteiger partial charge in [0.05, 0.1) is 11.8 Å². The molecule has 1 N–H and O–H groups in total. The van der Waals surface area contributed by atoms with E-state index in [1.807, 2.05) is 22.8 Å². The predicted molar refractivity (Wildman–Crippen MR) is 93.4 cm³/mol. The highest BCUT2D eigenvalue weighted by atomic mass is 32.2. The number of hydrogen-bond acceptors (Lipinski definition) is 4. The summed E-state index contributed by atoms with van der Waals surface area (Å²) in [5, 5.41) is 11.9. The second kappa shape index (κ2) is 8.72. The summed E-state index contributed by atoms with van der Waals surface area (Å²) in [4.78, 5) is 12.3. The minimum absolute atomic E-state index is 0.0237. The Morgan fingerprint density at radius 3 is 2.70 bits per heavy atom. The molecule has 0 aliphatic heterocycles. The summed E-state index contributed by atoms with van der Waals surface area (Å²) < 4.78 is 1.97. The molecule has 0 saturated heterocycles. The molecule has 23 heavy (non-hydrogen) atoms. The van der Waals surface area contributed by atoms with Crippen molar-refractivity contribution in [2.75, 3.05) is 5.75 Å². The zero-order valence-electron chi connectivity index (χ0n) is 13.9. The maximum Gasteiger partial charge on any atom is 0.230 e. The number of nitrogens with zero attached hydrogens (tertiary/aromatic N) is 3. The van der Waals surface area contributed by atoms with E-state index in [0.717, 1.165) is 23.6 Å². The Labute approximate surface area is 141 Å². The molecule has 0 radical (unpaired) electrons. The van der Waals surface area contributed by atoms with Crippen molar-refractivity contribution in [3.05, 3.63) is 42.2 Å². The number of benzene rings is 1. The Morgan fingerprint density at radius 2 is 2.04 bits per heavy atom. The van der Waals surface area contributed by atoms with Crippen LogP contribution in [0.3, 0.4) is 0 Å². The fourth-order valence-electron chi connectivity index (χ4n) is 2.35. The van der Waals surface area contributed by atoms with Gasteiger partial charge < -0.3 is 9.88 Å². The molecule has 6 heteroatoms. The van der Waals surface area contributed by atoms with Crippen molar-refractivity contribution < 1.29 is 4.79 Å². The molecule has 1 aromatic heterocycles. The number of aromatic nitrogens is 3. The van der Waals surface area contributed by atoms with E-state index in [1.54, 1.807) is 6.33 Å². The number of carbonyl (C=O) groups excluding carboxylic acids is 1. The van der Waals surface area contributed by atoms with Gasteiger partial charge >= 0.3 is 0 Å². The molecule has 0 fully saturated rings. The highest BCUT2D eigenvalue weighted by molar-refractivity contribution is 7.99. The summed E-state index contributed by atoms with van der Waals surface area (Å²) >= 11 is 1.42. The van der Waals surface area contributed by atoms with Gasteiger partial charge in [0, 0.05) is 6.04 Å². The lowest BCUT2D eigenvalue weighted by Crippen LogP contribution is -2.30. The molecule has 0 aliphatic carbocycles. The second-order valence-corrected chi connectivity index (χ2v) is 6.67. The first-order chi connectivity index (χ1) is 11.1. The summed E-state index contributed by atoms with van der Waals surface area (Å²) in [6.45, 7) is 6.27. The summed E-state index contributed by atoms with van der Waals surface area (Å²) in [7, 11) is 0. The summed E-state index contributed by atoms with van der Waals surface area (Å²) in [5.41, 5.74) is 1.15. The number of thioether (sulfide) groups is 1. The third-order valence-electron chi connectivity index (χ3n) is 3.54. The molecule has 124 valence electrons. The van der Waals surface area contributed by atoms with Gasteiger partial charge in [0.25, 0.3) is 0 Å². The largest absolute Gasteiger partial charge is 0.349 e. The number of amides is 1. The molecule has 0 spiro atoms. The van der Waals surface area contributed by atoms with Crippen LogP contribution in [0.2, 0.25) is 0 Å². The minimum atomic E-state index is 0.0237. The first kappa shape index (κ1) is 17.5. The highest BCUT2D eigenvalue weighted by Crippen LogP contribution is 2.21. The molecule has 0 aliphatic rings. The van der Waals surface area contributed by atoms with E-state index >= 15 is 0 Å². The van der Waals surface area contributed by atoms with E-state index in [-0.39, 0.29) is 18.0 Å². The fraction of sp³-hybridized carbons (Fsp3) is 0.471. The highest BCUT2D eigenvalue weighted by Gasteiger charge is 2.15. The van der Waals surface area contributed by atoms with E-state index in [0.29, 0.717) is 5.75 Å². The molecule has 0 unspecified atom stereocenters. The van der Waals surface area contributed by atoms with E-state index in [2.05, 4.69) is 48.4 Å². The number of nitrogens with one attached hydrogen (secondary N) is 1. The van der Waals surface area contributed by atoms with Gasteiger partial charge in [-0.25, -0.2) is 0 Å². The van der Waals surface area contributed by atoms with Crippen molar-refractivity contribution in [2.45, 2.75) is 50.9 Å². The standard InChI is InChI=1S/C17H24N4OS/c1-4-8-15(14-9-6-5-7-10-14)19-16(22)11-23-17-20-18-12-21(17)13(2)3/h5-7,9-10,12-13,15H,4,8,11H2,1-3H3,(H,19,22)/t15-/m0/s1. The lowest BCUT2D eigenvalue weighted by molar-refractivity contribution is -0.119. The van der Waals surface area contributed by atoms with E-state index in [4.69, 9.17) is 0 Å². The van der Waals surface area contributed by atoms with Crippen LogP contribution in [-0.2, 0) is 4.79 Å². The van der Waals surface area contributed by atoms with E-state index < -0.39 is 0 Å². The average molecular weight is 332 g/mol. The SMILES string of the molecule is CCC[C@H](NC(=O)CSc1nncn1C(C)C)c1ccccc1. The average Bonchev–Trinajstić information content (AvgIpc) is 3.02. The molecule has 0 bridgehead atoms. The van der Waals surface area contributed by atoms with Crippen molar-refractivity contribution in [1.29, 1.82) is 0 Å². The van der Waals surface area contributed by atoms with Crippen molar-refractivity contribution in [2.24, 2.45) is 0 Å². The molecular weight excluding hydrogens is 308 g/mol. The summed E-state index contributed by atoms with van der Waals surface area (Å²) in [6, 6.07) is 10.5. The zero-order valence-corrected chi connectivity index (χ0v) is 14.7. The van der Waals surface area contributed by atoms with Crippen molar-refractivity contribution >= 4 is 17.7 Å². The lowest BCUT2D eigenvalue weighted by atomic mass is 10.0. The quantitative estimate of drug-likeness (QED) is 0.750. The molecule has 2 aromatic rings. The van der Waals surface area contributed by atoms with Crippen LogP contribution >= 0.6 is 11.8 Å². The number of carbonyl (C=O) groups is 1. The molecule has 0 saturated carbocycles. The minimum Gasteiger partial charge on any atom is -0.349 e. The van der Waals surface area contributed by atoms with Crippen LogP contribution < -0.4 is 5.32 Å². The van der Waals surface area contributed by atoms with Gasteiger partial charge in [0.1, 0.15) is 6.33 Å². The normalized spacial score (nSPS) is 12.3. The fourth-order valence-corrected chi connectivity index (χ4v) is 3.21. The molecule has 5 nitrogen and oxygen atoms in total. The molecule has 1 heterocycles. The predicted octanol–water partition coefficient (Wildman–Crippen LogP) is 3.61. The van der Waals surface area contributed by atoms with Crippen molar-refractivity contribution in [1.82, 2.24) is 20.1 Å². The summed E-state index contributed by atoms with van der Waals surface area (Å²) in [6.07, 6.45) is 3.66. The number of hydrogen-bond donors (Lipinski definition) is 1. The summed E-state index contributed by atoms with van der Waals surface area (Å²) in [5.74, 6) is 0.369. The Kier molecular flexibility index (Phi) is 6.65. The first-order valence-electron chi connectivity index (χ1n) is 7.98. The molecule has 1 amide bonds. The maximum absolute atomic E-state index is 12.3. The van der Waals surface area contributed by atoms with Crippen molar-refractivity contribution in [3.8, 4) is 0 Å². The topological polar surface area (TPSA) is 59.8 Å². The monoisotopic (exact) mass is 332 g/mol. The van der Waals surface area contributed by atoms with Crippen molar-refractivity contribution in [3.63, 3.8) is 0 Å². The van der Waals surface area contributed by atoms with E-state index in [1.165, 1.54) is 11.8 Å². The third-order valence-corrected chi connectivity index (χ3v) is 4.50. The number of rotatable bonds is 8. The molecule has 2 rings (SSSR count). The molecule has 1 atom stereocenters. The van der Waals surface area contributed by atoms with E-state index in [9.17, 15) is 4.79 Å².